The molecule has 0 aliphatic rings. The van der Waals surface area contributed by atoms with Gasteiger partial charge >= 0.3 is 5.97 Å². The summed E-state index contributed by atoms with van der Waals surface area (Å²) in [4.78, 5) is 41.2. The van der Waals surface area contributed by atoms with Crippen LogP contribution in [-0.2, 0) is 20.9 Å². The molecule has 8 nitrogen and oxygen atoms in total. The van der Waals surface area contributed by atoms with Crippen molar-refractivity contribution in [2.75, 3.05) is 20.2 Å². The number of fused-ring (bicyclic) bond motifs is 1. The van der Waals surface area contributed by atoms with Gasteiger partial charge in [0.05, 0.1) is 29.7 Å². The van der Waals surface area contributed by atoms with Gasteiger partial charge in [-0.05, 0) is 12.1 Å². The number of ether oxygens (including phenoxy) is 1. The molecule has 0 unspecified atom stereocenters. The van der Waals surface area contributed by atoms with E-state index in [9.17, 15) is 14.4 Å². The van der Waals surface area contributed by atoms with Gasteiger partial charge in [0.15, 0.2) is 6.61 Å². The Bertz CT molecular complexity index is 853. The van der Waals surface area contributed by atoms with Gasteiger partial charge < -0.3 is 9.64 Å². The van der Waals surface area contributed by atoms with Crippen molar-refractivity contribution < 1.29 is 14.3 Å². The van der Waals surface area contributed by atoms with Gasteiger partial charge in [-0.3, -0.25) is 19.0 Å². The largest absolute Gasteiger partial charge is 0.454 e. The van der Waals surface area contributed by atoms with Crippen molar-refractivity contribution in [3.63, 3.8) is 0 Å². The number of benzene rings is 1. The standard InChI is InChI=1S/C16H16N4O4/c1-19(8-4-7-17)14(21)10-24-15(22)9-20-11-18-13-6-3-2-5-12(13)16(20)23/h2-3,5-6,11H,4,8-10H2,1H3. The van der Waals surface area contributed by atoms with E-state index >= 15 is 0 Å². The van der Waals surface area contributed by atoms with E-state index in [0.717, 1.165) is 4.57 Å². The molecule has 1 aromatic carbocycles. The lowest BCUT2D eigenvalue weighted by atomic mass is 10.2. The second-order valence-corrected chi connectivity index (χ2v) is 5.08. The Kier molecular flexibility index (Phi) is 5.63. The van der Waals surface area contributed by atoms with Crippen LogP contribution < -0.4 is 5.56 Å². The molecule has 0 aliphatic heterocycles. The highest BCUT2D eigenvalue weighted by atomic mass is 16.5. The number of para-hydroxylation sites is 1. The highest BCUT2D eigenvalue weighted by Crippen LogP contribution is 2.04. The van der Waals surface area contributed by atoms with E-state index in [2.05, 4.69) is 4.98 Å². The number of carbonyl (C=O) groups is 2. The van der Waals surface area contributed by atoms with E-state index in [0.29, 0.717) is 10.9 Å². The molecular formula is C16H16N4O4. The summed E-state index contributed by atoms with van der Waals surface area (Å²) >= 11 is 0. The first-order valence-corrected chi connectivity index (χ1v) is 7.23. The molecule has 1 aromatic heterocycles. The molecule has 0 radical (unpaired) electrons. The number of nitriles is 1. The maximum absolute atomic E-state index is 12.2. The van der Waals surface area contributed by atoms with Crippen molar-refractivity contribution in [1.29, 1.82) is 5.26 Å². The van der Waals surface area contributed by atoms with Gasteiger partial charge in [-0.2, -0.15) is 5.26 Å². The van der Waals surface area contributed by atoms with E-state index in [1.807, 2.05) is 6.07 Å². The zero-order chi connectivity index (χ0) is 17.5. The van der Waals surface area contributed by atoms with E-state index in [4.69, 9.17) is 10.00 Å². The molecule has 124 valence electrons. The molecule has 8 heteroatoms. The van der Waals surface area contributed by atoms with Crippen molar-refractivity contribution >= 4 is 22.8 Å². The van der Waals surface area contributed by atoms with Crippen LogP contribution in [0.1, 0.15) is 6.42 Å². The lowest BCUT2D eigenvalue weighted by molar-refractivity contribution is -0.152. The predicted octanol–water partition coefficient (Wildman–Crippen LogP) is 0.312. The van der Waals surface area contributed by atoms with Crippen LogP contribution in [0.2, 0.25) is 0 Å². The SMILES string of the molecule is CN(CCC#N)C(=O)COC(=O)Cn1cnc2ccccc2c1=O. The molecule has 0 spiro atoms. The summed E-state index contributed by atoms with van der Waals surface area (Å²) in [6, 6.07) is 8.73. The Morgan fingerprint density at radius 2 is 2.12 bits per heavy atom. The number of amides is 1. The number of rotatable bonds is 6. The fourth-order valence-electron chi connectivity index (χ4n) is 2.00. The Hall–Kier alpha value is -3.21. The molecule has 0 fully saturated rings. The molecule has 0 aliphatic carbocycles. The van der Waals surface area contributed by atoms with Crippen molar-refractivity contribution in [2.45, 2.75) is 13.0 Å². The van der Waals surface area contributed by atoms with Crippen LogP contribution in [0.3, 0.4) is 0 Å². The Morgan fingerprint density at radius 3 is 2.88 bits per heavy atom. The number of hydrogen-bond donors (Lipinski definition) is 0. The van der Waals surface area contributed by atoms with Gasteiger partial charge in [-0.25, -0.2) is 4.98 Å². The highest BCUT2D eigenvalue weighted by Gasteiger charge is 2.13. The molecule has 2 aromatic rings. The van der Waals surface area contributed by atoms with Crippen LogP contribution in [0.25, 0.3) is 10.9 Å². The second-order valence-electron chi connectivity index (χ2n) is 5.08. The Labute approximate surface area is 137 Å². The molecule has 0 bridgehead atoms. The summed E-state index contributed by atoms with van der Waals surface area (Å²) in [6.07, 6.45) is 1.47. The lowest BCUT2D eigenvalue weighted by Crippen LogP contribution is -2.33. The molecule has 24 heavy (non-hydrogen) atoms. The van der Waals surface area contributed by atoms with Crippen molar-refractivity contribution in [3.8, 4) is 6.07 Å². The van der Waals surface area contributed by atoms with Crippen LogP contribution in [0.15, 0.2) is 35.4 Å². The maximum atomic E-state index is 12.2. The third kappa shape index (κ3) is 4.16. The number of aromatic nitrogens is 2. The molecule has 0 saturated carbocycles. The first-order chi connectivity index (χ1) is 11.5. The number of likely N-dealkylation sites (N-methyl/N-ethyl adjacent to an activating group) is 1. The van der Waals surface area contributed by atoms with Gasteiger partial charge in [-0.15, -0.1) is 0 Å². The van der Waals surface area contributed by atoms with E-state index in [1.165, 1.54) is 18.3 Å². The zero-order valence-electron chi connectivity index (χ0n) is 13.1. The summed E-state index contributed by atoms with van der Waals surface area (Å²) in [5.74, 6) is -1.13. The van der Waals surface area contributed by atoms with Crippen LogP contribution in [0, 0.1) is 11.3 Å². The van der Waals surface area contributed by atoms with Gasteiger partial charge in [0.1, 0.15) is 6.54 Å². The first-order valence-electron chi connectivity index (χ1n) is 7.23. The number of hydrogen-bond acceptors (Lipinski definition) is 6. The van der Waals surface area contributed by atoms with Gasteiger partial charge in [0.2, 0.25) is 0 Å². The number of esters is 1. The summed E-state index contributed by atoms with van der Waals surface area (Å²) in [6.45, 7) is -0.497. The maximum Gasteiger partial charge on any atom is 0.326 e. The molecular weight excluding hydrogens is 312 g/mol. The quantitative estimate of drug-likeness (QED) is 0.707. The van der Waals surface area contributed by atoms with Crippen molar-refractivity contribution in [2.24, 2.45) is 0 Å². The van der Waals surface area contributed by atoms with Gasteiger partial charge in [0, 0.05) is 13.6 Å². The lowest BCUT2D eigenvalue weighted by Gasteiger charge is -2.15. The number of carbonyl (C=O) groups excluding carboxylic acids is 2. The van der Waals surface area contributed by atoms with Gasteiger partial charge in [-0.1, -0.05) is 12.1 Å². The summed E-state index contributed by atoms with van der Waals surface area (Å²) in [5, 5.41) is 8.87. The van der Waals surface area contributed by atoms with Crippen molar-refractivity contribution in [3.05, 3.63) is 40.9 Å². The minimum atomic E-state index is -0.712. The normalized spacial score (nSPS) is 10.2. The summed E-state index contributed by atoms with van der Waals surface area (Å²) in [7, 11) is 1.52. The fraction of sp³-hybridized carbons (Fsp3) is 0.312. The zero-order valence-corrected chi connectivity index (χ0v) is 13.1. The monoisotopic (exact) mass is 328 g/mol. The van der Waals surface area contributed by atoms with Crippen LogP contribution >= 0.6 is 0 Å². The minimum Gasteiger partial charge on any atom is -0.454 e. The van der Waals surface area contributed by atoms with Crippen LogP contribution in [-0.4, -0.2) is 46.5 Å². The Morgan fingerprint density at radius 1 is 1.38 bits per heavy atom. The van der Waals surface area contributed by atoms with Gasteiger partial charge in [0.25, 0.3) is 11.5 Å². The highest BCUT2D eigenvalue weighted by molar-refractivity contribution is 5.81. The Balaban J connectivity index is 1.96. The minimum absolute atomic E-state index is 0.203. The van der Waals surface area contributed by atoms with E-state index in [-0.39, 0.29) is 25.1 Å². The molecule has 0 saturated heterocycles. The second kappa shape index (κ2) is 7.87. The smallest absolute Gasteiger partial charge is 0.326 e. The van der Waals surface area contributed by atoms with Crippen LogP contribution in [0.5, 0.6) is 0 Å². The third-order valence-corrected chi connectivity index (χ3v) is 3.37. The average molecular weight is 328 g/mol. The number of nitrogens with zero attached hydrogens (tertiary/aromatic N) is 4. The average Bonchev–Trinajstić information content (AvgIpc) is 2.60. The fourth-order valence-corrected chi connectivity index (χ4v) is 2.00. The third-order valence-electron chi connectivity index (χ3n) is 3.37. The van der Waals surface area contributed by atoms with E-state index < -0.39 is 18.5 Å². The van der Waals surface area contributed by atoms with Crippen molar-refractivity contribution in [1.82, 2.24) is 14.5 Å². The summed E-state index contributed by atoms with van der Waals surface area (Å²) < 4.78 is 6.01. The first kappa shape index (κ1) is 17.1. The van der Waals surface area contributed by atoms with E-state index in [1.54, 1.807) is 24.3 Å². The van der Waals surface area contributed by atoms with Crippen LogP contribution in [0.4, 0.5) is 0 Å². The topological polar surface area (TPSA) is 105 Å². The molecule has 0 atom stereocenters. The molecule has 2 rings (SSSR count). The molecule has 0 N–H and O–H groups in total. The summed E-state index contributed by atoms with van der Waals surface area (Å²) in [5.41, 5.74) is 0.191. The molecule has 1 heterocycles. The molecule has 1 amide bonds. The predicted molar refractivity (Wildman–Crippen MR) is 84.8 cm³/mol.